The Morgan fingerprint density at radius 3 is 2.92 bits per heavy atom. The van der Waals surface area contributed by atoms with E-state index in [2.05, 4.69) is 15.9 Å². The van der Waals surface area contributed by atoms with E-state index >= 15 is 0 Å². The van der Waals surface area contributed by atoms with E-state index in [-0.39, 0.29) is 0 Å². The van der Waals surface area contributed by atoms with Gasteiger partial charge in [-0.1, -0.05) is 22.0 Å². The largest absolute Gasteiger partial charge is 0.478 e. The summed E-state index contributed by atoms with van der Waals surface area (Å²) in [5, 5.41) is 8.77. The molecule has 0 radical (unpaired) electrons. The summed E-state index contributed by atoms with van der Waals surface area (Å²) in [4.78, 5) is 10.7. The summed E-state index contributed by atoms with van der Waals surface area (Å²) >= 11 is 3.35. The van der Waals surface area contributed by atoms with Crippen molar-refractivity contribution in [2.24, 2.45) is 0 Å². The summed E-state index contributed by atoms with van der Waals surface area (Å²) in [6, 6.07) is 5.81. The van der Waals surface area contributed by atoms with Gasteiger partial charge in [0.2, 0.25) is 0 Å². The molecule has 2 rings (SSSR count). The van der Waals surface area contributed by atoms with E-state index in [0.717, 1.165) is 15.6 Å². The first kappa shape index (κ1) is 8.51. The van der Waals surface area contributed by atoms with Crippen LogP contribution in [0.1, 0.15) is 11.1 Å². The van der Waals surface area contributed by atoms with E-state index < -0.39 is 5.97 Å². The highest BCUT2D eigenvalue weighted by atomic mass is 79.9. The minimum Gasteiger partial charge on any atom is -0.478 e. The van der Waals surface area contributed by atoms with Crippen LogP contribution < -0.4 is 0 Å². The number of carboxylic acids is 1. The number of fused-ring (bicyclic) bond motifs is 1. The second-order valence-corrected chi connectivity index (χ2v) is 3.91. The standard InChI is InChI=1S/C10H7BrO2/c11-9-2-1-6-3-8(10(12)13)4-7(6)5-9/h1-2,4-5H,3H2,(H,12,13). The first-order chi connectivity index (χ1) is 6.16. The molecule has 3 heteroatoms. The molecule has 0 amide bonds. The molecule has 0 spiro atoms. The van der Waals surface area contributed by atoms with Crippen LogP contribution in [0.4, 0.5) is 0 Å². The maximum Gasteiger partial charge on any atom is 0.331 e. The summed E-state index contributed by atoms with van der Waals surface area (Å²) in [5.74, 6) is -0.827. The Morgan fingerprint density at radius 2 is 2.23 bits per heavy atom. The number of aliphatic carboxylic acids is 1. The molecule has 0 saturated carbocycles. The van der Waals surface area contributed by atoms with Crippen LogP contribution in [-0.4, -0.2) is 11.1 Å². The first-order valence-electron chi connectivity index (χ1n) is 3.89. The molecule has 0 saturated heterocycles. The molecule has 13 heavy (non-hydrogen) atoms. The van der Waals surface area contributed by atoms with Crippen LogP contribution >= 0.6 is 15.9 Å². The predicted octanol–water partition coefficient (Wildman–Crippen LogP) is 2.47. The van der Waals surface area contributed by atoms with Crippen LogP contribution in [0, 0.1) is 0 Å². The van der Waals surface area contributed by atoms with Crippen molar-refractivity contribution in [3.8, 4) is 0 Å². The predicted molar refractivity (Wildman–Crippen MR) is 53.5 cm³/mol. The molecule has 1 aromatic rings. The van der Waals surface area contributed by atoms with E-state index in [1.54, 1.807) is 6.08 Å². The van der Waals surface area contributed by atoms with Gasteiger partial charge in [-0.05, 0) is 29.3 Å². The average Bonchev–Trinajstić information content (AvgIpc) is 2.46. The molecular formula is C10H7BrO2. The fraction of sp³-hybridized carbons (Fsp3) is 0.100. The van der Waals surface area contributed by atoms with Gasteiger partial charge in [-0.25, -0.2) is 4.79 Å². The van der Waals surface area contributed by atoms with Crippen molar-refractivity contribution in [2.45, 2.75) is 6.42 Å². The van der Waals surface area contributed by atoms with E-state index in [4.69, 9.17) is 5.11 Å². The molecule has 0 fully saturated rings. The number of carbonyl (C=O) groups is 1. The maximum absolute atomic E-state index is 10.7. The fourth-order valence-electron chi connectivity index (χ4n) is 1.44. The van der Waals surface area contributed by atoms with Crippen molar-refractivity contribution in [2.75, 3.05) is 0 Å². The Balaban J connectivity index is 2.43. The highest BCUT2D eigenvalue weighted by Crippen LogP contribution is 2.27. The molecule has 2 nitrogen and oxygen atoms in total. The number of carboxylic acid groups (broad SMARTS) is 1. The Labute approximate surface area is 84.0 Å². The lowest BCUT2D eigenvalue weighted by Gasteiger charge is -1.97. The van der Waals surface area contributed by atoms with Gasteiger partial charge in [-0.3, -0.25) is 0 Å². The number of benzene rings is 1. The summed E-state index contributed by atoms with van der Waals surface area (Å²) < 4.78 is 0.981. The van der Waals surface area contributed by atoms with Crippen molar-refractivity contribution >= 4 is 28.0 Å². The minimum absolute atomic E-state index is 0.466. The SMILES string of the molecule is O=C(O)C1=Cc2cc(Br)ccc2C1. The van der Waals surface area contributed by atoms with Crippen molar-refractivity contribution in [1.29, 1.82) is 0 Å². The fourth-order valence-corrected chi connectivity index (χ4v) is 1.82. The smallest absolute Gasteiger partial charge is 0.331 e. The van der Waals surface area contributed by atoms with Crippen LogP contribution in [0.3, 0.4) is 0 Å². The van der Waals surface area contributed by atoms with E-state index in [0.29, 0.717) is 12.0 Å². The lowest BCUT2D eigenvalue weighted by Crippen LogP contribution is -1.99. The normalized spacial score (nSPS) is 13.8. The van der Waals surface area contributed by atoms with Gasteiger partial charge >= 0.3 is 5.97 Å². The Hall–Kier alpha value is -1.09. The maximum atomic E-state index is 10.7. The molecule has 1 aliphatic carbocycles. The highest BCUT2D eigenvalue weighted by molar-refractivity contribution is 9.10. The molecule has 1 aliphatic rings. The quantitative estimate of drug-likeness (QED) is 0.817. The topological polar surface area (TPSA) is 37.3 Å². The van der Waals surface area contributed by atoms with E-state index in [9.17, 15) is 4.79 Å². The first-order valence-corrected chi connectivity index (χ1v) is 4.68. The van der Waals surface area contributed by atoms with Crippen molar-refractivity contribution in [3.05, 3.63) is 39.4 Å². The third-order valence-electron chi connectivity index (χ3n) is 2.09. The van der Waals surface area contributed by atoms with Gasteiger partial charge < -0.3 is 5.11 Å². The van der Waals surface area contributed by atoms with Crippen LogP contribution in [0.5, 0.6) is 0 Å². The molecule has 1 aromatic carbocycles. The van der Waals surface area contributed by atoms with Crippen LogP contribution in [-0.2, 0) is 11.2 Å². The zero-order valence-corrected chi connectivity index (χ0v) is 8.34. The van der Waals surface area contributed by atoms with Crippen LogP contribution in [0.25, 0.3) is 6.08 Å². The number of hydrogen-bond acceptors (Lipinski definition) is 1. The van der Waals surface area contributed by atoms with Crippen molar-refractivity contribution < 1.29 is 9.90 Å². The zero-order chi connectivity index (χ0) is 9.42. The third-order valence-corrected chi connectivity index (χ3v) is 2.59. The van der Waals surface area contributed by atoms with E-state index in [1.807, 2.05) is 18.2 Å². The second kappa shape index (κ2) is 3.00. The molecule has 0 bridgehead atoms. The third kappa shape index (κ3) is 1.52. The zero-order valence-electron chi connectivity index (χ0n) is 6.75. The Kier molecular flexibility index (Phi) is 1.96. The molecule has 0 heterocycles. The van der Waals surface area contributed by atoms with Gasteiger partial charge in [0.25, 0.3) is 0 Å². The summed E-state index contributed by atoms with van der Waals surface area (Å²) in [6.07, 6.45) is 2.26. The highest BCUT2D eigenvalue weighted by Gasteiger charge is 2.17. The van der Waals surface area contributed by atoms with Gasteiger partial charge in [0, 0.05) is 16.5 Å². The van der Waals surface area contributed by atoms with Crippen LogP contribution in [0.15, 0.2) is 28.2 Å². The van der Waals surface area contributed by atoms with Crippen molar-refractivity contribution in [3.63, 3.8) is 0 Å². The molecular weight excluding hydrogens is 232 g/mol. The van der Waals surface area contributed by atoms with Crippen molar-refractivity contribution in [1.82, 2.24) is 0 Å². The molecule has 0 atom stereocenters. The lowest BCUT2D eigenvalue weighted by molar-refractivity contribution is -0.132. The number of rotatable bonds is 1. The molecule has 1 N–H and O–H groups in total. The summed E-state index contributed by atoms with van der Waals surface area (Å²) in [7, 11) is 0. The van der Waals surface area contributed by atoms with Crippen LogP contribution in [0.2, 0.25) is 0 Å². The van der Waals surface area contributed by atoms with Gasteiger partial charge in [0.05, 0.1) is 0 Å². The molecule has 66 valence electrons. The van der Waals surface area contributed by atoms with E-state index in [1.165, 1.54) is 0 Å². The summed E-state index contributed by atoms with van der Waals surface area (Å²) in [5.41, 5.74) is 2.56. The average molecular weight is 239 g/mol. The Bertz CT molecular complexity index is 407. The number of halogens is 1. The molecule has 0 aromatic heterocycles. The van der Waals surface area contributed by atoms with Gasteiger partial charge in [0.1, 0.15) is 0 Å². The summed E-state index contributed by atoms with van der Waals surface area (Å²) in [6.45, 7) is 0. The minimum atomic E-state index is -0.827. The van der Waals surface area contributed by atoms with Gasteiger partial charge in [-0.15, -0.1) is 0 Å². The second-order valence-electron chi connectivity index (χ2n) is 2.99. The number of hydrogen-bond donors (Lipinski definition) is 1. The molecule has 0 unspecified atom stereocenters. The Morgan fingerprint density at radius 1 is 1.46 bits per heavy atom. The van der Waals surface area contributed by atoms with Gasteiger partial charge in [-0.2, -0.15) is 0 Å². The van der Waals surface area contributed by atoms with Gasteiger partial charge in [0.15, 0.2) is 0 Å². The lowest BCUT2D eigenvalue weighted by atomic mass is 10.1. The molecule has 0 aliphatic heterocycles. The monoisotopic (exact) mass is 238 g/mol.